The number of likely N-dealkylation sites (N-methyl/N-ethyl adjacent to an activating group) is 1. The number of nitrogens with zero attached hydrogens (tertiary/aromatic N) is 4. The number of rotatable bonds is 3. The highest BCUT2D eigenvalue weighted by Gasteiger charge is 2.29. The van der Waals surface area contributed by atoms with E-state index in [1.807, 2.05) is 0 Å². The topological polar surface area (TPSA) is 78.4 Å². The van der Waals surface area contributed by atoms with Crippen molar-refractivity contribution in [3.8, 4) is 0 Å². The molecule has 1 aromatic heterocycles. The highest BCUT2D eigenvalue weighted by atomic mass is 16.2. The van der Waals surface area contributed by atoms with Crippen LogP contribution in [0.3, 0.4) is 0 Å². The number of amides is 2. The van der Waals surface area contributed by atoms with Crippen LogP contribution in [-0.4, -0.2) is 65.5 Å². The molecule has 1 N–H and O–H groups in total. The smallest absolute Gasteiger partial charge is 0.273 e. The molecular weight excluding hydrogens is 246 g/mol. The minimum absolute atomic E-state index is 0.0512. The fourth-order valence-electron chi connectivity index (χ4n) is 1.89. The molecule has 0 aliphatic carbocycles. The van der Waals surface area contributed by atoms with Gasteiger partial charge in [-0.05, 0) is 18.6 Å². The summed E-state index contributed by atoms with van der Waals surface area (Å²) in [5.41, 5.74) is 0.283. The molecule has 102 valence electrons. The maximum Gasteiger partial charge on any atom is 0.273 e. The molecule has 7 nitrogen and oxygen atoms in total. The van der Waals surface area contributed by atoms with Crippen LogP contribution < -0.4 is 5.32 Å². The molecule has 7 heteroatoms. The fourth-order valence-corrected chi connectivity index (χ4v) is 1.89. The molecule has 0 spiro atoms. The minimum Gasteiger partial charge on any atom is -0.357 e. The van der Waals surface area contributed by atoms with Crippen LogP contribution in [0.25, 0.3) is 0 Å². The number of aromatic nitrogens is 2. The average molecular weight is 263 g/mol. The van der Waals surface area contributed by atoms with Crippen LogP contribution in [0.1, 0.15) is 16.9 Å². The summed E-state index contributed by atoms with van der Waals surface area (Å²) in [5, 5.41) is 10.8. The van der Waals surface area contributed by atoms with Crippen molar-refractivity contribution in [2.45, 2.75) is 12.5 Å². The van der Waals surface area contributed by atoms with E-state index in [0.717, 1.165) is 13.0 Å². The Kier molecular flexibility index (Phi) is 3.64. The molecule has 1 aromatic rings. The molecule has 2 rings (SSSR count). The maximum atomic E-state index is 11.7. The van der Waals surface area contributed by atoms with Crippen molar-refractivity contribution in [3.05, 3.63) is 17.8 Å². The monoisotopic (exact) mass is 263 g/mol. The number of carbonyl (C=O) groups excluding carboxylic acids is 2. The van der Waals surface area contributed by atoms with Gasteiger partial charge in [-0.2, -0.15) is 0 Å². The first-order valence-corrected chi connectivity index (χ1v) is 6.06. The SMILES string of the molecule is CN(C)C(=O)c1ccc(NC2CCN(C)C2=O)nn1. The lowest BCUT2D eigenvalue weighted by Crippen LogP contribution is -2.31. The normalized spacial score (nSPS) is 18.6. The second-order valence-corrected chi connectivity index (χ2v) is 4.75. The number of hydrogen-bond donors (Lipinski definition) is 1. The van der Waals surface area contributed by atoms with Crippen LogP contribution in [0, 0.1) is 0 Å². The molecule has 0 bridgehead atoms. The predicted octanol–water partition coefficient (Wildman–Crippen LogP) is -0.179. The predicted molar refractivity (Wildman–Crippen MR) is 69.7 cm³/mol. The lowest BCUT2D eigenvalue weighted by Gasteiger charge is -2.13. The van der Waals surface area contributed by atoms with E-state index >= 15 is 0 Å². The second kappa shape index (κ2) is 5.21. The van der Waals surface area contributed by atoms with E-state index in [2.05, 4.69) is 15.5 Å². The molecule has 19 heavy (non-hydrogen) atoms. The summed E-state index contributed by atoms with van der Waals surface area (Å²) in [6.07, 6.45) is 0.745. The van der Waals surface area contributed by atoms with E-state index < -0.39 is 0 Å². The maximum absolute atomic E-state index is 11.7. The molecule has 0 radical (unpaired) electrons. The van der Waals surface area contributed by atoms with Gasteiger partial charge in [0.15, 0.2) is 5.69 Å². The Hall–Kier alpha value is -2.18. The van der Waals surface area contributed by atoms with Crippen LogP contribution in [0.4, 0.5) is 5.82 Å². The fraction of sp³-hybridized carbons (Fsp3) is 0.500. The van der Waals surface area contributed by atoms with Gasteiger partial charge in [-0.3, -0.25) is 9.59 Å². The summed E-state index contributed by atoms with van der Waals surface area (Å²) in [4.78, 5) is 26.5. The van der Waals surface area contributed by atoms with Crippen LogP contribution in [0.5, 0.6) is 0 Å². The van der Waals surface area contributed by atoms with E-state index in [1.54, 1.807) is 38.2 Å². The quantitative estimate of drug-likeness (QED) is 0.818. The summed E-state index contributed by atoms with van der Waals surface area (Å²) in [5.74, 6) is 0.356. The molecule has 1 fully saturated rings. The van der Waals surface area contributed by atoms with E-state index in [1.165, 1.54) is 4.90 Å². The summed E-state index contributed by atoms with van der Waals surface area (Å²) in [6.45, 7) is 0.737. The Bertz CT molecular complexity index is 485. The van der Waals surface area contributed by atoms with E-state index in [-0.39, 0.29) is 23.6 Å². The van der Waals surface area contributed by atoms with Gasteiger partial charge in [0.05, 0.1) is 0 Å². The number of nitrogens with one attached hydrogen (secondary N) is 1. The van der Waals surface area contributed by atoms with Crippen LogP contribution in [0.15, 0.2) is 12.1 Å². The zero-order chi connectivity index (χ0) is 14.0. The van der Waals surface area contributed by atoms with Crippen molar-refractivity contribution in [2.24, 2.45) is 0 Å². The first-order chi connectivity index (χ1) is 8.99. The third-order valence-corrected chi connectivity index (χ3v) is 3.04. The molecule has 2 amide bonds. The van der Waals surface area contributed by atoms with Gasteiger partial charge in [0.1, 0.15) is 11.9 Å². The van der Waals surface area contributed by atoms with Crippen molar-refractivity contribution < 1.29 is 9.59 Å². The van der Waals surface area contributed by atoms with E-state index in [4.69, 9.17) is 0 Å². The lowest BCUT2D eigenvalue weighted by atomic mass is 10.2. The number of hydrogen-bond acceptors (Lipinski definition) is 5. The van der Waals surface area contributed by atoms with Crippen LogP contribution in [0.2, 0.25) is 0 Å². The molecule has 2 heterocycles. The summed E-state index contributed by atoms with van der Waals surface area (Å²) in [7, 11) is 5.08. The number of carbonyl (C=O) groups is 2. The molecule has 1 aliphatic rings. The first-order valence-electron chi connectivity index (χ1n) is 6.06. The molecule has 0 aromatic carbocycles. The van der Waals surface area contributed by atoms with Gasteiger partial charge in [-0.25, -0.2) is 0 Å². The Morgan fingerprint density at radius 2 is 2.16 bits per heavy atom. The van der Waals surface area contributed by atoms with Crippen molar-refractivity contribution >= 4 is 17.6 Å². The molecule has 0 saturated carbocycles. The Balaban J connectivity index is 2.03. The molecule has 1 aliphatic heterocycles. The Morgan fingerprint density at radius 3 is 2.63 bits per heavy atom. The van der Waals surface area contributed by atoms with Crippen molar-refractivity contribution in [2.75, 3.05) is 33.0 Å². The van der Waals surface area contributed by atoms with Crippen molar-refractivity contribution in [3.63, 3.8) is 0 Å². The van der Waals surface area contributed by atoms with Crippen LogP contribution in [-0.2, 0) is 4.79 Å². The zero-order valence-corrected chi connectivity index (χ0v) is 11.3. The van der Waals surface area contributed by atoms with Gasteiger partial charge in [0.2, 0.25) is 5.91 Å². The molecular formula is C12H17N5O2. The summed E-state index contributed by atoms with van der Waals surface area (Å²) < 4.78 is 0. The third-order valence-electron chi connectivity index (χ3n) is 3.04. The van der Waals surface area contributed by atoms with Crippen molar-refractivity contribution in [1.29, 1.82) is 0 Å². The third kappa shape index (κ3) is 2.81. The largest absolute Gasteiger partial charge is 0.357 e. The van der Waals surface area contributed by atoms with Gasteiger partial charge in [-0.1, -0.05) is 0 Å². The first kappa shape index (κ1) is 13.3. The second-order valence-electron chi connectivity index (χ2n) is 4.75. The highest BCUT2D eigenvalue weighted by Crippen LogP contribution is 2.14. The standard InChI is InChI=1S/C12H17N5O2/c1-16(2)11(18)9-4-5-10(15-14-9)13-8-6-7-17(3)12(8)19/h4-5,8H,6-7H2,1-3H3,(H,13,15). The van der Waals surface area contributed by atoms with E-state index in [9.17, 15) is 9.59 Å². The number of anilines is 1. The molecule has 1 unspecified atom stereocenters. The van der Waals surface area contributed by atoms with E-state index in [0.29, 0.717) is 5.82 Å². The van der Waals surface area contributed by atoms with Gasteiger partial charge in [0.25, 0.3) is 5.91 Å². The van der Waals surface area contributed by atoms with Gasteiger partial charge in [0, 0.05) is 27.7 Å². The summed E-state index contributed by atoms with van der Waals surface area (Å²) in [6, 6.07) is 3.01. The van der Waals surface area contributed by atoms with Gasteiger partial charge >= 0.3 is 0 Å². The Morgan fingerprint density at radius 1 is 1.42 bits per heavy atom. The zero-order valence-electron chi connectivity index (χ0n) is 11.3. The van der Waals surface area contributed by atoms with Crippen LogP contribution >= 0.6 is 0 Å². The minimum atomic E-state index is -0.255. The molecule has 1 atom stereocenters. The Labute approximate surface area is 111 Å². The van der Waals surface area contributed by atoms with Crippen molar-refractivity contribution in [1.82, 2.24) is 20.0 Å². The van der Waals surface area contributed by atoms with Gasteiger partial charge in [-0.15, -0.1) is 10.2 Å². The lowest BCUT2D eigenvalue weighted by molar-refractivity contribution is -0.127. The molecule has 1 saturated heterocycles. The highest BCUT2D eigenvalue weighted by molar-refractivity contribution is 5.92. The average Bonchev–Trinajstić information content (AvgIpc) is 2.71. The summed E-state index contributed by atoms with van der Waals surface area (Å²) >= 11 is 0. The number of likely N-dealkylation sites (tertiary alicyclic amines) is 1. The van der Waals surface area contributed by atoms with Gasteiger partial charge < -0.3 is 15.1 Å².